The highest BCUT2D eigenvalue weighted by atomic mass is 32.1. The van der Waals surface area contributed by atoms with Gasteiger partial charge in [-0.3, -0.25) is 0 Å². The maximum absolute atomic E-state index is 12.6. The molecule has 2 aromatic rings. The molecule has 1 aromatic carbocycles. The molecule has 0 aliphatic heterocycles. The minimum atomic E-state index is -4.40. The third-order valence-corrected chi connectivity index (χ3v) is 4.24. The summed E-state index contributed by atoms with van der Waals surface area (Å²) >= 11 is 1.59. The zero-order valence-electron chi connectivity index (χ0n) is 11.4. The predicted octanol–water partition coefficient (Wildman–Crippen LogP) is 4.15. The summed E-state index contributed by atoms with van der Waals surface area (Å²) in [6.45, 7) is 2.14. The van der Waals surface area contributed by atoms with E-state index in [1.807, 2.05) is 24.4 Å². The van der Waals surface area contributed by atoms with E-state index < -0.39 is 17.8 Å². The van der Waals surface area contributed by atoms with Crippen LogP contribution >= 0.6 is 11.3 Å². The van der Waals surface area contributed by atoms with Crippen LogP contribution in [0, 0.1) is 0 Å². The number of thiophene rings is 1. The van der Waals surface area contributed by atoms with Gasteiger partial charge in [-0.1, -0.05) is 18.2 Å². The van der Waals surface area contributed by atoms with E-state index in [-0.39, 0.29) is 18.2 Å². The summed E-state index contributed by atoms with van der Waals surface area (Å²) in [5.74, 6) is 0. The van der Waals surface area contributed by atoms with Crippen molar-refractivity contribution in [2.75, 3.05) is 6.54 Å². The molecule has 0 fully saturated rings. The van der Waals surface area contributed by atoms with Gasteiger partial charge in [-0.15, -0.1) is 11.3 Å². The van der Waals surface area contributed by atoms with Crippen molar-refractivity contribution >= 4 is 11.3 Å². The van der Waals surface area contributed by atoms with Crippen LogP contribution in [0.5, 0.6) is 0 Å². The smallest absolute Gasteiger partial charge is 0.387 e. The third-order valence-electron chi connectivity index (χ3n) is 3.19. The Hall–Kier alpha value is -1.37. The first-order valence-electron chi connectivity index (χ1n) is 6.50. The van der Waals surface area contributed by atoms with Crippen molar-refractivity contribution in [1.29, 1.82) is 0 Å². The van der Waals surface area contributed by atoms with Gasteiger partial charge < -0.3 is 10.4 Å². The monoisotopic (exact) mass is 315 g/mol. The summed E-state index contributed by atoms with van der Waals surface area (Å²) < 4.78 is 37.9. The molecule has 0 radical (unpaired) electrons. The van der Waals surface area contributed by atoms with E-state index in [9.17, 15) is 18.3 Å². The Labute approximate surface area is 125 Å². The van der Waals surface area contributed by atoms with E-state index in [0.717, 1.165) is 17.0 Å². The average Bonchev–Trinajstić information content (AvgIpc) is 2.98. The Morgan fingerprint density at radius 3 is 2.62 bits per heavy atom. The molecule has 1 unspecified atom stereocenters. The van der Waals surface area contributed by atoms with Crippen molar-refractivity contribution in [2.45, 2.75) is 25.2 Å². The van der Waals surface area contributed by atoms with Gasteiger partial charge in [0, 0.05) is 17.5 Å². The van der Waals surface area contributed by atoms with Crippen LogP contribution in [0.2, 0.25) is 0 Å². The number of halogens is 3. The van der Waals surface area contributed by atoms with Gasteiger partial charge in [0.2, 0.25) is 0 Å². The normalized spacial score (nSPS) is 14.9. The van der Waals surface area contributed by atoms with Crippen LogP contribution in [-0.4, -0.2) is 11.7 Å². The summed E-state index contributed by atoms with van der Waals surface area (Å²) in [6, 6.07) is 8.74. The molecule has 0 bridgehead atoms. The van der Waals surface area contributed by atoms with Crippen LogP contribution in [-0.2, 0) is 6.18 Å². The molecule has 2 nitrogen and oxygen atoms in total. The van der Waals surface area contributed by atoms with Crippen LogP contribution in [0.3, 0.4) is 0 Å². The van der Waals surface area contributed by atoms with Crippen LogP contribution < -0.4 is 5.32 Å². The molecule has 1 heterocycles. The number of alkyl halides is 3. The summed E-state index contributed by atoms with van der Waals surface area (Å²) in [5.41, 5.74) is -0.485. The van der Waals surface area contributed by atoms with Gasteiger partial charge in [0.25, 0.3) is 0 Å². The molecule has 0 aliphatic rings. The van der Waals surface area contributed by atoms with Gasteiger partial charge in [0.05, 0.1) is 11.7 Å². The van der Waals surface area contributed by atoms with E-state index in [0.29, 0.717) is 0 Å². The minimum Gasteiger partial charge on any atom is -0.387 e. The highest BCUT2D eigenvalue weighted by molar-refractivity contribution is 7.10. The van der Waals surface area contributed by atoms with E-state index in [1.165, 1.54) is 12.1 Å². The van der Waals surface area contributed by atoms with Crippen LogP contribution in [0.25, 0.3) is 0 Å². The quantitative estimate of drug-likeness (QED) is 0.869. The molecule has 2 atom stereocenters. The van der Waals surface area contributed by atoms with Crippen LogP contribution in [0.1, 0.15) is 35.1 Å². The SMILES string of the molecule is C[C@@H](NCC(O)c1cccc(C(F)(F)F)c1)c1cccs1. The fourth-order valence-corrected chi connectivity index (χ4v) is 2.73. The highest BCUT2D eigenvalue weighted by Crippen LogP contribution is 2.30. The van der Waals surface area contributed by atoms with Crippen molar-refractivity contribution in [3.05, 3.63) is 57.8 Å². The van der Waals surface area contributed by atoms with Crippen molar-refractivity contribution in [1.82, 2.24) is 5.32 Å². The molecular weight excluding hydrogens is 299 g/mol. The second-order valence-electron chi connectivity index (χ2n) is 4.78. The van der Waals surface area contributed by atoms with Gasteiger partial charge in [-0.2, -0.15) is 13.2 Å². The molecule has 0 saturated heterocycles. The number of hydrogen-bond acceptors (Lipinski definition) is 3. The van der Waals surface area contributed by atoms with Crippen molar-refractivity contribution in [3.63, 3.8) is 0 Å². The largest absolute Gasteiger partial charge is 0.416 e. The average molecular weight is 315 g/mol. The zero-order valence-corrected chi connectivity index (χ0v) is 12.2. The Kier molecular flexibility index (Phi) is 5.03. The lowest BCUT2D eigenvalue weighted by Gasteiger charge is -2.17. The summed E-state index contributed by atoms with van der Waals surface area (Å²) in [5, 5.41) is 15.1. The van der Waals surface area contributed by atoms with Crippen LogP contribution in [0.4, 0.5) is 13.2 Å². The first-order valence-corrected chi connectivity index (χ1v) is 7.38. The first-order chi connectivity index (χ1) is 9.88. The molecule has 0 amide bonds. The van der Waals surface area contributed by atoms with Crippen molar-refractivity contribution < 1.29 is 18.3 Å². The molecule has 114 valence electrons. The van der Waals surface area contributed by atoms with E-state index in [1.54, 1.807) is 11.3 Å². The number of nitrogens with one attached hydrogen (secondary N) is 1. The van der Waals surface area contributed by atoms with Crippen molar-refractivity contribution in [2.24, 2.45) is 0 Å². The second kappa shape index (κ2) is 6.60. The fourth-order valence-electron chi connectivity index (χ4n) is 1.97. The van der Waals surface area contributed by atoms with Crippen molar-refractivity contribution in [3.8, 4) is 0 Å². The summed E-state index contributed by atoms with van der Waals surface area (Å²) in [7, 11) is 0. The van der Waals surface area contributed by atoms with Gasteiger partial charge in [0.15, 0.2) is 0 Å². The maximum atomic E-state index is 12.6. The highest BCUT2D eigenvalue weighted by Gasteiger charge is 2.30. The van der Waals surface area contributed by atoms with Gasteiger partial charge >= 0.3 is 6.18 Å². The molecule has 2 rings (SSSR count). The predicted molar refractivity (Wildman–Crippen MR) is 77.1 cm³/mol. The standard InChI is InChI=1S/C15H16F3NOS/c1-10(14-6-3-7-21-14)19-9-13(20)11-4-2-5-12(8-11)15(16,17)18/h2-8,10,13,19-20H,9H2,1H3/t10-,13?/m1/s1. The van der Waals surface area contributed by atoms with Crippen LogP contribution in [0.15, 0.2) is 41.8 Å². The fraction of sp³-hybridized carbons (Fsp3) is 0.333. The van der Waals surface area contributed by atoms with E-state index >= 15 is 0 Å². The maximum Gasteiger partial charge on any atom is 0.416 e. The molecule has 1 aromatic heterocycles. The number of aliphatic hydroxyl groups is 1. The lowest BCUT2D eigenvalue weighted by atomic mass is 10.1. The Bertz CT molecular complexity index is 569. The molecule has 0 saturated carbocycles. The first kappa shape index (κ1) is 16.0. The minimum absolute atomic E-state index is 0.0467. The van der Waals surface area contributed by atoms with E-state index in [2.05, 4.69) is 5.32 Å². The number of hydrogen-bond donors (Lipinski definition) is 2. The topological polar surface area (TPSA) is 32.3 Å². The molecule has 2 N–H and O–H groups in total. The molecular formula is C15H16F3NOS. The third kappa shape index (κ3) is 4.30. The second-order valence-corrected chi connectivity index (χ2v) is 5.76. The lowest BCUT2D eigenvalue weighted by molar-refractivity contribution is -0.137. The molecule has 0 spiro atoms. The summed E-state index contributed by atoms with van der Waals surface area (Å²) in [6.07, 6.45) is -5.37. The van der Waals surface area contributed by atoms with Gasteiger partial charge in [0.1, 0.15) is 0 Å². The zero-order chi connectivity index (χ0) is 15.5. The van der Waals surface area contributed by atoms with E-state index in [4.69, 9.17) is 0 Å². The lowest BCUT2D eigenvalue weighted by Crippen LogP contribution is -2.24. The number of aliphatic hydroxyl groups excluding tert-OH is 1. The van der Waals surface area contributed by atoms with Gasteiger partial charge in [-0.05, 0) is 36.1 Å². The summed E-state index contributed by atoms with van der Waals surface area (Å²) in [4.78, 5) is 1.12. The number of rotatable bonds is 5. The van der Waals surface area contributed by atoms with Gasteiger partial charge in [-0.25, -0.2) is 0 Å². The Balaban J connectivity index is 1.99. The number of benzene rings is 1. The molecule has 6 heteroatoms. The Morgan fingerprint density at radius 2 is 2.00 bits per heavy atom. The molecule has 21 heavy (non-hydrogen) atoms. The molecule has 0 aliphatic carbocycles. The Morgan fingerprint density at radius 1 is 1.24 bits per heavy atom.